The van der Waals surface area contributed by atoms with E-state index < -0.39 is 0 Å². The number of halogens is 2. The van der Waals surface area contributed by atoms with Crippen LogP contribution in [0.3, 0.4) is 0 Å². The lowest BCUT2D eigenvalue weighted by atomic mass is 10.2. The highest BCUT2D eigenvalue weighted by Gasteiger charge is 2.23. The third-order valence-electron chi connectivity index (χ3n) is 2.91. The Kier molecular flexibility index (Phi) is 3.92. The van der Waals surface area contributed by atoms with Crippen molar-refractivity contribution in [2.24, 2.45) is 0 Å². The van der Waals surface area contributed by atoms with Crippen molar-refractivity contribution >= 4 is 34.8 Å². The van der Waals surface area contributed by atoms with E-state index >= 15 is 0 Å². The van der Waals surface area contributed by atoms with Gasteiger partial charge in [-0.1, -0.05) is 29.3 Å². The van der Waals surface area contributed by atoms with E-state index in [0.717, 1.165) is 24.9 Å². The summed E-state index contributed by atoms with van der Waals surface area (Å²) in [5, 5.41) is 6.90. The van der Waals surface area contributed by atoms with Crippen LogP contribution in [0.4, 0.5) is 5.69 Å². The van der Waals surface area contributed by atoms with Crippen LogP contribution in [0.1, 0.15) is 18.4 Å². The van der Waals surface area contributed by atoms with Gasteiger partial charge >= 0.3 is 0 Å². The van der Waals surface area contributed by atoms with Crippen LogP contribution < -0.4 is 10.6 Å². The average Bonchev–Trinajstić information content (AvgIpc) is 2.83. The minimum absolute atomic E-state index is 0.0723. The predicted octanol–water partition coefficient (Wildman–Crippen LogP) is 2.99. The first-order valence-corrected chi connectivity index (χ1v) is 6.34. The molecule has 0 radical (unpaired) electrons. The summed E-state index contributed by atoms with van der Waals surface area (Å²) in [4.78, 5) is 11.9. The molecule has 1 aromatic rings. The van der Waals surface area contributed by atoms with Crippen LogP contribution in [-0.2, 0) is 4.79 Å². The summed E-state index contributed by atoms with van der Waals surface area (Å²) in [5.74, 6) is -0.0723. The van der Waals surface area contributed by atoms with Crippen LogP contribution in [0.25, 0.3) is 0 Å². The number of carbonyl (C=O) groups is 1. The molecule has 1 aliphatic rings. The molecule has 0 aromatic heterocycles. The molecule has 1 fully saturated rings. The van der Waals surface area contributed by atoms with Gasteiger partial charge in [0.25, 0.3) is 0 Å². The number of rotatable bonds is 2. The van der Waals surface area contributed by atoms with E-state index in [0.29, 0.717) is 15.7 Å². The molecule has 1 atom stereocenters. The van der Waals surface area contributed by atoms with Crippen LogP contribution in [0, 0.1) is 6.92 Å². The Morgan fingerprint density at radius 3 is 2.88 bits per heavy atom. The molecule has 5 heteroatoms. The zero-order valence-electron chi connectivity index (χ0n) is 9.52. The van der Waals surface area contributed by atoms with Gasteiger partial charge in [0.2, 0.25) is 5.91 Å². The molecule has 0 saturated carbocycles. The monoisotopic (exact) mass is 272 g/mol. The maximum absolute atomic E-state index is 11.9. The van der Waals surface area contributed by atoms with E-state index in [2.05, 4.69) is 10.6 Å². The van der Waals surface area contributed by atoms with Crippen molar-refractivity contribution < 1.29 is 4.79 Å². The average molecular weight is 273 g/mol. The minimum atomic E-state index is -0.136. The molecular formula is C12H14Cl2N2O. The number of carbonyl (C=O) groups excluding carboxylic acids is 1. The van der Waals surface area contributed by atoms with Crippen molar-refractivity contribution in [1.82, 2.24) is 5.32 Å². The Hall–Kier alpha value is -0.770. The molecule has 92 valence electrons. The van der Waals surface area contributed by atoms with Crippen molar-refractivity contribution in [1.29, 1.82) is 0 Å². The van der Waals surface area contributed by atoms with E-state index in [-0.39, 0.29) is 11.9 Å². The molecule has 1 aromatic carbocycles. The number of anilines is 1. The number of hydrogen-bond acceptors (Lipinski definition) is 2. The van der Waals surface area contributed by atoms with Crippen molar-refractivity contribution in [3.8, 4) is 0 Å². The molecule has 1 heterocycles. The molecule has 0 aliphatic carbocycles. The first-order valence-electron chi connectivity index (χ1n) is 5.58. The number of aryl methyl sites for hydroxylation is 1. The molecule has 1 aliphatic heterocycles. The smallest absolute Gasteiger partial charge is 0.241 e. The number of nitrogens with one attached hydrogen (secondary N) is 2. The maximum atomic E-state index is 11.9. The fourth-order valence-corrected chi connectivity index (χ4v) is 2.36. The SMILES string of the molecule is Cc1ccc(Cl)c(NC(=O)[C@H]2CCCN2)c1Cl. The summed E-state index contributed by atoms with van der Waals surface area (Å²) in [6, 6.07) is 3.43. The molecule has 17 heavy (non-hydrogen) atoms. The quantitative estimate of drug-likeness (QED) is 0.869. The maximum Gasteiger partial charge on any atom is 0.241 e. The Balaban J connectivity index is 2.17. The van der Waals surface area contributed by atoms with Gasteiger partial charge in [0.1, 0.15) is 0 Å². The second-order valence-electron chi connectivity index (χ2n) is 4.19. The lowest BCUT2D eigenvalue weighted by molar-refractivity contribution is -0.117. The lowest BCUT2D eigenvalue weighted by Crippen LogP contribution is -2.35. The van der Waals surface area contributed by atoms with Gasteiger partial charge in [-0.15, -0.1) is 0 Å². The highest BCUT2D eigenvalue weighted by molar-refractivity contribution is 6.40. The van der Waals surface area contributed by atoms with Crippen LogP contribution >= 0.6 is 23.2 Å². The molecule has 0 spiro atoms. The summed E-state index contributed by atoms with van der Waals surface area (Å²) in [6.07, 6.45) is 1.88. The number of hydrogen-bond donors (Lipinski definition) is 2. The van der Waals surface area contributed by atoms with Gasteiger partial charge in [-0.3, -0.25) is 4.79 Å². The Morgan fingerprint density at radius 1 is 1.47 bits per heavy atom. The lowest BCUT2D eigenvalue weighted by Gasteiger charge is -2.14. The number of benzene rings is 1. The minimum Gasteiger partial charge on any atom is -0.322 e. The first kappa shape index (κ1) is 12.7. The second kappa shape index (κ2) is 5.25. The summed E-state index contributed by atoms with van der Waals surface area (Å²) in [7, 11) is 0. The molecule has 1 saturated heterocycles. The third kappa shape index (κ3) is 2.73. The Bertz CT molecular complexity index is 442. The van der Waals surface area contributed by atoms with Crippen molar-refractivity contribution in [2.45, 2.75) is 25.8 Å². The fraction of sp³-hybridized carbons (Fsp3) is 0.417. The van der Waals surface area contributed by atoms with Crippen molar-refractivity contribution in [2.75, 3.05) is 11.9 Å². The standard InChI is InChI=1S/C12H14Cl2N2O/c1-7-4-5-8(13)11(10(7)14)16-12(17)9-3-2-6-15-9/h4-5,9,15H,2-3,6H2,1H3,(H,16,17)/t9-/m1/s1. The fourth-order valence-electron chi connectivity index (χ4n) is 1.89. The summed E-state index contributed by atoms with van der Waals surface area (Å²) in [6.45, 7) is 2.76. The zero-order chi connectivity index (χ0) is 12.4. The first-order chi connectivity index (χ1) is 8.09. The largest absolute Gasteiger partial charge is 0.322 e. The van der Waals surface area contributed by atoms with Gasteiger partial charge in [-0.05, 0) is 37.9 Å². The van der Waals surface area contributed by atoms with Gasteiger partial charge in [-0.2, -0.15) is 0 Å². The summed E-state index contributed by atoms with van der Waals surface area (Å²) < 4.78 is 0. The molecule has 2 rings (SSSR count). The molecule has 3 nitrogen and oxygen atoms in total. The van der Waals surface area contributed by atoms with Crippen LogP contribution in [0.15, 0.2) is 12.1 Å². The van der Waals surface area contributed by atoms with Gasteiger partial charge in [0.15, 0.2) is 0 Å². The highest BCUT2D eigenvalue weighted by Crippen LogP contribution is 2.33. The van der Waals surface area contributed by atoms with Crippen LogP contribution in [0.2, 0.25) is 10.0 Å². The highest BCUT2D eigenvalue weighted by atomic mass is 35.5. The van der Waals surface area contributed by atoms with Crippen LogP contribution in [0.5, 0.6) is 0 Å². The second-order valence-corrected chi connectivity index (χ2v) is 4.98. The third-order valence-corrected chi connectivity index (χ3v) is 3.71. The van der Waals surface area contributed by atoms with E-state index in [4.69, 9.17) is 23.2 Å². The summed E-state index contributed by atoms with van der Waals surface area (Å²) in [5.41, 5.74) is 1.40. The van der Waals surface area contributed by atoms with Gasteiger partial charge in [0, 0.05) is 0 Å². The van der Waals surface area contributed by atoms with Gasteiger partial charge in [-0.25, -0.2) is 0 Å². The zero-order valence-corrected chi connectivity index (χ0v) is 11.0. The van der Waals surface area contributed by atoms with E-state index in [1.54, 1.807) is 6.07 Å². The van der Waals surface area contributed by atoms with E-state index in [1.165, 1.54) is 0 Å². The normalized spacial score (nSPS) is 19.4. The van der Waals surface area contributed by atoms with Gasteiger partial charge in [0.05, 0.1) is 21.8 Å². The van der Waals surface area contributed by atoms with Crippen molar-refractivity contribution in [3.63, 3.8) is 0 Å². The van der Waals surface area contributed by atoms with E-state index in [9.17, 15) is 4.79 Å². The van der Waals surface area contributed by atoms with E-state index in [1.807, 2.05) is 13.0 Å². The molecule has 0 bridgehead atoms. The topological polar surface area (TPSA) is 41.1 Å². The molecule has 2 N–H and O–H groups in total. The Morgan fingerprint density at radius 2 is 2.24 bits per heavy atom. The molecular weight excluding hydrogens is 259 g/mol. The van der Waals surface area contributed by atoms with Crippen molar-refractivity contribution in [3.05, 3.63) is 27.7 Å². The predicted molar refractivity (Wildman–Crippen MR) is 70.9 cm³/mol. The Labute approximate surface area is 110 Å². The van der Waals surface area contributed by atoms with Crippen LogP contribution in [-0.4, -0.2) is 18.5 Å². The molecule has 1 amide bonds. The van der Waals surface area contributed by atoms with Gasteiger partial charge < -0.3 is 10.6 Å². The summed E-state index contributed by atoms with van der Waals surface area (Å²) >= 11 is 12.2. The molecule has 0 unspecified atom stereocenters. The number of amides is 1.